The Hall–Kier alpha value is -3.84. The second-order valence-corrected chi connectivity index (χ2v) is 11.6. The lowest BCUT2D eigenvalue weighted by Gasteiger charge is -2.55. The van der Waals surface area contributed by atoms with E-state index in [1.807, 2.05) is 30.3 Å². The van der Waals surface area contributed by atoms with Crippen molar-refractivity contribution in [3.63, 3.8) is 0 Å². The molecule has 0 aliphatic heterocycles. The van der Waals surface area contributed by atoms with E-state index in [1.54, 1.807) is 0 Å². The number of carbonyl (C=O) groups excluding carboxylic acids is 3. The molecule has 9 N–H and O–H groups in total. The molecule has 4 saturated carbocycles. The molecule has 4 fully saturated rings. The van der Waals surface area contributed by atoms with Crippen LogP contribution in [0.5, 0.6) is 0 Å². The highest BCUT2D eigenvalue weighted by Crippen LogP contribution is 2.60. The van der Waals surface area contributed by atoms with Crippen LogP contribution in [-0.4, -0.2) is 59.6 Å². The zero-order valence-corrected chi connectivity index (χ0v) is 23.2. The molecule has 4 aliphatic rings. The van der Waals surface area contributed by atoms with Crippen LogP contribution in [-0.2, 0) is 25.6 Å². The van der Waals surface area contributed by atoms with Gasteiger partial charge in [0.25, 0.3) is 0 Å². The van der Waals surface area contributed by atoms with Crippen LogP contribution in [0.1, 0.15) is 56.9 Å². The van der Waals surface area contributed by atoms with E-state index in [0.29, 0.717) is 37.1 Å². The van der Waals surface area contributed by atoms with E-state index < -0.39 is 36.0 Å². The van der Waals surface area contributed by atoms with Crippen LogP contribution in [0.3, 0.4) is 0 Å². The minimum absolute atomic E-state index is 0.0137. The van der Waals surface area contributed by atoms with Crippen LogP contribution >= 0.6 is 0 Å². The maximum absolute atomic E-state index is 13.6. The Labute approximate surface area is 241 Å². The quantitative estimate of drug-likeness (QED) is 0.126. The Morgan fingerprint density at radius 1 is 0.929 bits per heavy atom. The summed E-state index contributed by atoms with van der Waals surface area (Å²) in [5, 5.41) is 13.0. The van der Waals surface area contributed by atoms with Gasteiger partial charge in [-0.25, -0.2) is 4.79 Å². The van der Waals surface area contributed by atoms with Gasteiger partial charge >= 0.3 is 12.1 Å². The fourth-order valence-electron chi connectivity index (χ4n) is 6.82. The molecule has 0 unspecified atom stereocenters. The van der Waals surface area contributed by atoms with Gasteiger partial charge in [0.1, 0.15) is 12.1 Å². The van der Waals surface area contributed by atoms with Crippen molar-refractivity contribution in [1.82, 2.24) is 10.6 Å². The van der Waals surface area contributed by atoms with Crippen LogP contribution < -0.4 is 27.8 Å². The van der Waals surface area contributed by atoms with Crippen LogP contribution in [0.4, 0.5) is 13.2 Å². The Morgan fingerprint density at radius 2 is 1.45 bits per heavy atom. The lowest BCUT2D eigenvalue weighted by molar-refractivity contribution is -0.192. The molecule has 14 heteroatoms. The second-order valence-electron chi connectivity index (χ2n) is 11.6. The molecule has 232 valence electrons. The van der Waals surface area contributed by atoms with Gasteiger partial charge in [0.05, 0.1) is 0 Å². The number of benzene rings is 1. The van der Waals surface area contributed by atoms with Crippen molar-refractivity contribution in [2.75, 3.05) is 6.54 Å². The van der Waals surface area contributed by atoms with Crippen molar-refractivity contribution in [3.8, 4) is 0 Å². The molecule has 2 atom stereocenters. The molecule has 5 rings (SSSR count). The van der Waals surface area contributed by atoms with E-state index in [1.165, 1.54) is 19.3 Å². The van der Waals surface area contributed by atoms with Crippen molar-refractivity contribution in [3.05, 3.63) is 35.9 Å². The molecule has 0 aromatic heterocycles. The number of hydrogen-bond acceptors (Lipinski definition) is 5. The molecule has 4 bridgehead atoms. The molecule has 1 aromatic rings. The predicted molar refractivity (Wildman–Crippen MR) is 147 cm³/mol. The number of halogens is 3. The van der Waals surface area contributed by atoms with E-state index in [4.69, 9.17) is 27.1 Å². The first-order chi connectivity index (χ1) is 19.7. The van der Waals surface area contributed by atoms with Gasteiger partial charge in [0.15, 0.2) is 5.96 Å². The van der Waals surface area contributed by atoms with Gasteiger partial charge < -0.3 is 32.9 Å². The van der Waals surface area contributed by atoms with Gasteiger partial charge in [-0.15, -0.1) is 0 Å². The Balaban J connectivity index is 0.000000616. The van der Waals surface area contributed by atoms with Gasteiger partial charge in [0.2, 0.25) is 17.7 Å². The van der Waals surface area contributed by atoms with E-state index in [9.17, 15) is 27.6 Å². The number of aliphatic carboxylic acids is 1. The number of guanidine groups is 1. The molecule has 1 aromatic carbocycles. The topological polar surface area (TPSA) is 203 Å². The summed E-state index contributed by atoms with van der Waals surface area (Å²) < 4.78 is 31.7. The van der Waals surface area contributed by atoms with E-state index in [0.717, 1.165) is 24.8 Å². The van der Waals surface area contributed by atoms with Crippen molar-refractivity contribution in [1.29, 1.82) is 0 Å². The van der Waals surface area contributed by atoms with Crippen LogP contribution in [0.2, 0.25) is 0 Å². The first kappa shape index (κ1) is 32.7. The van der Waals surface area contributed by atoms with Gasteiger partial charge in [-0.3, -0.25) is 19.4 Å². The molecule has 0 saturated heterocycles. The third-order valence-corrected chi connectivity index (χ3v) is 8.27. The number of hydrogen-bond donors (Lipinski definition) is 6. The second kappa shape index (κ2) is 13.9. The Kier molecular flexibility index (Phi) is 10.8. The molecular weight excluding hydrogens is 557 g/mol. The maximum atomic E-state index is 13.6. The Bertz CT molecular complexity index is 1120. The summed E-state index contributed by atoms with van der Waals surface area (Å²) in [4.78, 5) is 51.9. The monoisotopic (exact) mass is 596 g/mol. The van der Waals surface area contributed by atoms with Gasteiger partial charge in [-0.05, 0) is 74.7 Å². The summed E-state index contributed by atoms with van der Waals surface area (Å²) in [7, 11) is 0. The summed E-state index contributed by atoms with van der Waals surface area (Å²) in [6.45, 7) is 0.350. The molecule has 42 heavy (non-hydrogen) atoms. The van der Waals surface area contributed by atoms with Gasteiger partial charge in [-0.1, -0.05) is 30.3 Å². The smallest absolute Gasteiger partial charge is 0.475 e. The van der Waals surface area contributed by atoms with Crippen molar-refractivity contribution >= 4 is 29.7 Å². The average Bonchev–Trinajstić information content (AvgIpc) is 2.89. The number of primary amides is 1. The highest BCUT2D eigenvalue weighted by Gasteiger charge is 2.55. The average molecular weight is 597 g/mol. The molecule has 0 radical (unpaired) electrons. The van der Waals surface area contributed by atoms with Crippen molar-refractivity contribution in [2.45, 2.75) is 76.0 Å². The molecule has 11 nitrogen and oxygen atoms in total. The summed E-state index contributed by atoms with van der Waals surface area (Å²) in [6, 6.07) is 7.71. The van der Waals surface area contributed by atoms with Gasteiger partial charge in [0, 0.05) is 18.4 Å². The molecular formula is C28H39F3N6O5. The summed E-state index contributed by atoms with van der Waals surface area (Å²) >= 11 is 0. The first-order valence-corrected chi connectivity index (χ1v) is 14.0. The van der Waals surface area contributed by atoms with Crippen molar-refractivity contribution in [2.24, 2.45) is 45.4 Å². The number of nitrogens with zero attached hydrogens (tertiary/aromatic N) is 1. The number of alkyl halides is 3. The number of carbonyl (C=O) groups is 4. The molecule has 3 amide bonds. The van der Waals surface area contributed by atoms with Gasteiger partial charge in [-0.2, -0.15) is 13.2 Å². The molecule has 0 heterocycles. The SMILES string of the molecule is NC(=O)[C@@H](Cc1ccccc1)NC(=O)[C@H](CCCN=C(N)N)NC(=O)C12CC3CC(CC(C3)C1)C2.O=C(O)C(F)(F)F. The van der Waals surface area contributed by atoms with E-state index in [2.05, 4.69) is 15.6 Å². The summed E-state index contributed by atoms with van der Waals surface area (Å²) in [6.07, 6.45) is 2.49. The third-order valence-electron chi connectivity index (χ3n) is 8.27. The minimum atomic E-state index is -5.08. The predicted octanol–water partition coefficient (Wildman–Crippen LogP) is 1.59. The standard InChI is InChI=1S/C26H38N6O3.C2HF3O2/c27-22(33)21(12-16-5-2-1-3-6-16)31-23(34)20(7-4-8-30-25(28)29)32-24(35)26-13-17-9-18(14-26)11-19(10-17)15-26;3-2(4,5)1(6)7/h1-3,5-6,17-21H,4,7-15H2,(H2,27,33)(H,31,34)(H,32,35)(H4,28,29,30);(H,6,7)/t17?,18?,19?,20-,21+,26?;/m0./s1. The lowest BCUT2D eigenvalue weighted by atomic mass is 9.49. The number of nitrogens with two attached hydrogens (primary N) is 3. The zero-order valence-electron chi connectivity index (χ0n) is 23.2. The zero-order chi connectivity index (χ0) is 31.1. The van der Waals surface area contributed by atoms with Crippen LogP contribution in [0.25, 0.3) is 0 Å². The normalized spacial score (nSPS) is 25.3. The number of carboxylic acid groups (broad SMARTS) is 1. The molecule has 4 aliphatic carbocycles. The van der Waals surface area contributed by atoms with Crippen LogP contribution in [0.15, 0.2) is 35.3 Å². The van der Waals surface area contributed by atoms with Crippen molar-refractivity contribution < 1.29 is 37.5 Å². The first-order valence-electron chi connectivity index (χ1n) is 14.0. The third kappa shape index (κ3) is 9.08. The number of carboxylic acids is 1. The fourth-order valence-corrected chi connectivity index (χ4v) is 6.82. The number of amides is 3. The van der Waals surface area contributed by atoms with E-state index >= 15 is 0 Å². The van der Waals surface area contributed by atoms with E-state index in [-0.39, 0.29) is 23.7 Å². The number of rotatable bonds is 11. The maximum Gasteiger partial charge on any atom is 0.490 e. The van der Waals surface area contributed by atoms with Crippen LogP contribution in [0, 0.1) is 23.2 Å². The molecule has 0 spiro atoms. The highest BCUT2D eigenvalue weighted by atomic mass is 19.4. The number of nitrogens with one attached hydrogen (secondary N) is 2. The lowest BCUT2D eigenvalue weighted by Crippen LogP contribution is -2.58. The minimum Gasteiger partial charge on any atom is -0.475 e. The fraction of sp³-hybridized carbons (Fsp3) is 0.607. The largest absolute Gasteiger partial charge is 0.490 e. The Morgan fingerprint density at radius 3 is 1.90 bits per heavy atom. The highest BCUT2D eigenvalue weighted by molar-refractivity contribution is 5.93. The summed E-state index contributed by atoms with van der Waals surface area (Å²) in [5.74, 6) is -1.98. The summed E-state index contributed by atoms with van der Waals surface area (Å²) in [5.41, 5.74) is 17.0. The number of aliphatic imine (C=N–C) groups is 1.